The van der Waals surface area contributed by atoms with Crippen molar-refractivity contribution in [2.24, 2.45) is 0 Å². The molecular formula is C14H20ClNO3. The van der Waals surface area contributed by atoms with Gasteiger partial charge in [-0.2, -0.15) is 0 Å². The van der Waals surface area contributed by atoms with Crippen LogP contribution in [0.3, 0.4) is 0 Å². The topological polar surface area (TPSA) is 41.9 Å². The minimum Gasteiger partial charge on any atom is -0.389 e. The Balaban J connectivity index is 1.93. The Kier molecular flexibility index (Phi) is 5.60. The van der Waals surface area contributed by atoms with Crippen molar-refractivity contribution < 1.29 is 14.6 Å². The summed E-state index contributed by atoms with van der Waals surface area (Å²) in [5.41, 5.74) is 1.08. The van der Waals surface area contributed by atoms with Crippen molar-refractivity contribution in [3.05, 3.63) is 34.9 Å². The second-order valence-electron chi connectivity index (χ2n) is 4.78. The first-order chi connectivity index (χ1) is 9.19. The van der Waals surface area contributed by atoms with E-state index in [-0.39, 0.29) is 6.10 Å². The van der Waals surface area contributed by atoms with Gasteiger partial charge in [-0.05, 0) is 17.7 Å². The van der Waals surface area contributed by atoms with Crippen LogP contribution in [0.2, 0.25) is 5.02 Å². The summed E-state index contributed by atoms with van der Waals surface area (Å²) in [6.45, 7) is 3.23. The van der Waals surface area contributed by atoms with E-state index in [0.29, 0.717) is 19.8 Å². The van der Waals surface area contributed by atoms with E-state index >= 15 is 0 Å². The summed E-state index contributed by atoms with van der Waals surface area (Å²) in [5, 5.41) is 10.5. The number of halogens is 1. The van der Waals surface area contributed by atoms with Crippen LogP contribution in [-0.2, 0) is 9.47 Å². The highest BCUT2D eigenvalue weighted by Gasteiger charge is 2.23. The molecule has 0 radical (unpaired) electrons. The second-order valence-corrected chi connectivity index (χ2v) is 5.22. The first kappa shape index (κ1) is 14.8. The van der Waals surface area contributed by atoms with Gasteiger partial charge in [-0.25, -0.2) is 0 Å². The van der Waals surface area contributed by atoms with Gasteiger partial charge in [0.1, 0.15) is 0 Å². The van der Waals surface area contributed by atoms with Crippen LogP contribution < -0.4 is 0 Å². The fourth-order valence-corrected chi connectivity index (χ4v) is 2.52. The zero-order chi connectivity index (χ0) is 13.7. The van der Waals surface area contributed by atoms with E-state index < -0.39 is 6.10 Å². The van der Waals surface area contributed by atoms with Crippen molar-refractivity contribution >= 4 is 11.6 Å². The molecule has 1 heterocycles. The molecule has 1 aliphatic heterocycles. The van der Waals surface area contributed by atoms with Crippen molar-refractivity contribution in [3.8, 4) is 0 Å². The maximum Gasteiger partial charge on any atom is 0.0952 e. The third-order valence-corrected chi connectivity index (χ3v) is 3.43. The number of methoxy groups -OCH3 is 1. The average Bonchev–Trinajstić information content (AvgIpc) is 2.39. The quantitative estimate of drug-likeness (QED) is 0.894. The van der Waals surface area contributed by atoms with Gasteiger partial charge in [0.25, 0.3) is 0 Å². The Morgan fingerprint density at radius 1 is 1.58 bits per heavy atom. The van der Waals surface area contributed by atoms with Crippen LogP contribution in [0.1, 0.15) is 11.7 Å². The van der Waals surface area contributed by atoms with Gasteiger partial charge in [0, 0.05) is 31.8 Å². The lowest BCUT2D eigenvalue weighted by atomic mass is 10.1. The number of nitrogens with zero attached hydrogens (tertiary/aromatic N) is 1. The van der Waals surface area contributed by atoms with Crippen molar-refractivity contribution in [1.82, 2.24) is 4.90 Å². The summed E-state index contributed by atoms with van der Waals surface area (Å²) in [4.78, 5) is 2.19. The third-order valence-electron chi connectivity index (χ3n) is 3.20. The first-order valence-corrected chi connectivity index (χ1v) is 6.83. The average molecular weight is 286 g/mol. The number of hydrogen-bond acceptors (Lipinski definition) is 4. The molecule has 0 saturated carbocycles. The summed E-state index contributed by atoms with van der Waals surface area (Å²) in [7, 11) is 1.59. The Morgan fingerprint density at radius 2 is 2.42 bits per heavy atom. The van der Waals surface area contributed by atoms with Gasteiger partial charge in [0.05, 0.1) is 25.4 Å². The maximum absolute atomic E-state index is 9.77. The third kappa shape index (κ3) is 4.44. The number of ether oxygens (including phenoxy) is 2. The van der Waals surface area contributed by atoms with Gasteiger partial charge >= 0.3 is 0 Å². The zero-order valence-electron chi connectivity index (χ0n) is 11.1. The van der Waals surface area contributed by atoms with Crippen molar-refractivity contribution in [3.63, 3.8) is 0 Å². The summed E-state index contributed by atoms with van der Waals surface area (Å²) >= 11 is 6.00. The van der Waals surface area contributed by atoms with Crippen LogP contribution in [0.25, 0.3) is 0 Å². The second kappa shape index (κ2) is 7.22. The SMILES string of the molecule is COCC(O)CN1CCOC(c2cccc(Cl)c2)C1. The Labute approximate surface area is 118 Å². The molecule has 1 aromatic rings. The number of β-amino-alcohol motifs (C(OH)–C–C–N with tert-alkyl or cyclic N) is 1. The number of rotatable bonds is 5. The highest BCUT2D eigenvalue weighted by molar-refractivity contribution is 6.30. The summed E-state index contributed by atoms with van der Waals surface area (Å²) in [5.74, 6) is 0. The molecular weight excluding hydrogens is 266 g/mol. The zero-order valence-corrected chi connectivity index (χ0v) is 11.8. The molecule has 0 aliphatic carbocycles. The van der Waals surface area contributed by atoms with Gasteiger partial charge in [-0.3, -0.25) is 4.90 Å². The molecule has 0 aromatic heterocycles. The molecule has 19 heavy (non-hydrogen) atoms. The molecule has 1 fully saturated rings. The predicted molar refractivity (Wildman–Crippen MR) is 74.5 cm³/mol. The molecule has 0 spiro atoms. The van der Waals surface area contributed by atoms with Crippen molar-refractivity contribution in [1.29, 1.82) is 0 Å². The van der Waals surface area contributed by atoms with E-state index in [1.165, 1.54) is 0 Å². The number of morpholine rings is 1. The number of hydrogen-bond donors (Lipinski definition) is 1. The first-order valence-electron chi connectivity index (χ1n) is 6.45. The van der Waals surface area contributed by atoms with Gasteiger partial charge in [0.2, 0.25) is 0 Å². The monoisotopic (exact) mass is 285 g/mol. The molecule has 2 unspecified atom stereocenters. The van der Waals surface area contributed by atoms with E-state index in [2.05, 4.69) is 4.90 Å². The lowest BCUT2D eigenvalue weighted by molar-refractivity contribution is -0.0494. The Bertz CT molecular complexity index is 402. The van der Waals surface area contributed by atoms with E-state index in [4.69, 9.17) is 21.1 Å². The van der Waals surface area contributed by atoms with E-state index in [1.807, 2.05) is 24.3 Å². The number of aliphatic hydroxyl groups excluding tert-OH is 1. The molecule has 106 valence electrons. The normalized spacial score (nSPS) is 22.4. The van der Waals surface area contributed by atoms with Crippen molar-refractivity contribution in [2.75, 3.05) is 40.0 Å². The number of benzene rings is 1. The molecule has 1 N–H and O–H groups in total. The minimum atomic E-state index is -0.455. The fourth-order valence-electron chi connectivity index (χ4n) is 2.32. The van der Waals surface area contributed by atoms with Crippen LogP contribution >= 0.6 is 11.6 Å². The Morgan fingerprint density at radius 3 is 3.16 bits per heavy atom. The molecule has 0 amide bonds. The van der Waals surface area contributed by atoms with Crippen LogP contribution in [0.15, 0.2) is 24.3 Å². The molecule has 4 nitrogen and oxygen atoms in total. The van der Waals surface area contributed by atoms with Crippen LogP contribution in [0.4, 0.5) is 0 Å². The van der Waals surface area contributed by atoms with Gasteiger partial charge in [-0.1, -0.05) is 23.7 Å². The maximum atomic E-state index is 9.77. The molecule has 0 bridgehead atoms. The van der Waals surface area contributed by atoms with Gasteiger partial charge in [-0.15, -0.1) is 0 Å². The van der Waals surface area contributed by atoms with Crippen LogP contribution in [0, 0.1) is 0 Å². The summed E-state index contributed by atoms with van der Waals surface area (Å²) in [6.07, 6.45) is -0.440. The molecule has 5 heteroatoms. The summed E-state index contributed by atoms with van der Waals surface area (Å²) < 4.78 is 10.7. The van der Waals surface area contributed by atoms with E-state index in [1.54, 1.807) is 7.11 Å². The molecule has 1 aromatic carbocycles. The molecule has 1 aliphatic rings. The highest BCUT2D eigenvalue weighted by Crippen LogP contribution is 2.24. The summed E-state index contributed by atoms with van der Waals surface area (Å²) in [6, 6.07) is 7.74. The van der Waals surface area contributed by atoms with Crippen molar-refractivity contribution in [2.45, 2.75) is 12.2 Å². The minimum absolute atomic E-state index is 0.0159. The lowest BCUT2D eigenvalue weighted by Gasteiger charge is -2.34. The van der Waals surface area contributed by atoms with E-state index in [0.717, 1.165) is 23.7 Å². The molecule has 1 saturated heterocycles. The largest absolute Gasteiger partial charge is 0.389 e. The van der Waals surface area contributed by atoms with Gasteiger partial charge in [0.15, 0.2) is 0 Å². The molecule has 2 atom stereocenters. The highest BCUT2D eigenvalue weighted by atomic mass is 35.5. The van der Waals surface area contributed by atoms with Gasteiger partial charge < -0.3 is 14.6 Å². The predicted octanol–water partition coefficient (Wildman–Crippen LogP) is 1.72. The number of aliphatic hydroxyl groups is 1. The lowest BCUT2D eigenvalue weighted by Crippen LogP contribution is -2.43. The smallest absolute Gasteiger partial charge is 0.0952 e. The molecule has 2 rings (SSSR count). The standard InChI is InChI=1S/C14H20ClNO3/c1-18-10-13(17)8-16-5-6-19-14(9-16)11-3-2-4-12(15)7-11/h2-4,7,13-14,17H,5-6,8-10H2,1H3. The van der Waals surface area contributed by atoms with Crippen LogP contribution in [-0.4, -0.2) is 56.1 Å². The fraction of sp³-hybridized carbons (Fsp3) is 0.571. The van der Waals surface area contributed by atoms with Crippen LogP contribution in [0.5, 0.6) is 0 Å². The Hall–Kier alpha value is -0.650. The van der Waals surface area contributed by atoms with E-state index in [9.17, 15) is 5.11 Å².